The van der Waals surface area contributed by atoms with E-state index in [2.05, 4.69) is 28.1 Å². The van der Waals surface area contributed by atoms with Crippen molar-refractivity contribution in [2.24, 2.45) is 0 Å². The minimum Gasteiger partial charge on any atom is -0.493 e. The lowest BCUT2D eigenvalue weighted by molar-refractivity contribution is 0.165. The molecule has 2 bridgehead atoms. The number of ether oxygens (including phenoxy) is 2. The molecule has 0 unspecified atom stereocenters. The Kier molecular flexibility index (Phi) is 5.48. The predicted molar refractivity (Wildman–Crippen MR) is 114 cm³/mol. The van der Waals surface area contributed by atoms with E-state index in [1.807, 2.05) is 6.07 Å². The van der Waals surface area contributed by atoms with Crippen LogP contribution in [0.3, 0.4) is 0 Å². The van der Waals surface area contributed by atoms with Crippen LogP contribution >= 0.6 is 0 Å². The minimum absolute atomic E-state index is 0.0109. The highest BCUT2D eigenvalue weighted by molar-refractivity contribution is 5.43. The summed E-state index contributed by atoms with van der Waals surface area (Å²) >= 11 is 0. The van der Waals surface area contributed by atoms with Crippen molar-refractivity contribution in [3.8, 4) is 11.5 Å². The topological polar surface area (TPSA) is 71.0 Å². The fourth-order valence-corrected chi connectivity index (χ4v) is 5.18. The van der Waals surface area contributed by atoms with Gasteiger partial charge in [0.25, 0.3) is 0 Å². The third-order valence-corrected chi connectivity index (χ3v) is 6.65. The zero-order chi connectivity index (χ0) is 20.5. The molecule has 2 saturated heterocycles. The van der Waals surface area contributed by atoms with Gasteiger partial charge in [0, 0.05) is 49.9 Å². The molecule has 0 aliphatic carbocycles. The van der Waals surface area contributed by atoms with Crippen molar-refractivity contribution in [2.45, 2.75) is 50.7 Å². The van der Waals surface area contributed by atoms with Gasteiger partial charge in [0.15, 0.2) is 11.5 Å². The van der Waals surface area contributed by atoms with Gasteiger partial charge in [-0.3, -0.25) is 4.90 Å². The van der Waals surface area contributed by atoms with Crippen LogP contribution in [-0.2, 0) is 13.0 Å². The molecule has 4 heterocycles. The van der Waals surface area contributed by atoms with Crippen molar-refractivity contribution < 1.29 is 14.6 Å². The number of anilines is 1. The first-order chi connectivity index (χ1) is 14.8. The van der Waals surface area contributed by atoms with Crippen LogP contribution in [0, 0.1) is 0 Å². The van der Waals surface area contributed by atoms with E-state index in [1.165, 1.54) is 42.5 Å². The summed E-state index contributed by atoms with van der Waals surface area (Å²) in [6, 6.07) is 7.00. The largest absolute Gasteiger partial charge is 0.493 e. The van der Waals surface area contributed by atoms with E-state index in [0.717, 1.165) is 32.0 Å². The molecule has 0 amide bonds. The second-order valence-corrected chi connectivity index (χ2v) is 8.45. The number of hydrogen-bond acceptors (Lipinski definition) is 7. The number of methoxy groups -OCH3 is 1. The van der Waals surface area contributed by atoms with Crippen LogP contribution in [0.25, 0.3) is 0 Å². The summed E-state index contributed by atoms with van der Waals surface area (Å²) in [5.74, 6) is 2.30. The van der Waals surface area contributed by atoms with Gasteiger partial charge < -0.3 is 19.5 Å². The fraction of sp³-hybridized carbons (Fsp3) is 0.565. The van der Waals surface area contributed by atoms with Crippen LogP contribution in [0.15, 0.2) is 24.4 Å². The minimum atomic E-state index is -0.0109. The molecular weight excluding hydrogens is 380 g/mol. The molecule has 3 aliphatic rings. The summed E-state index contributed by atoms with van der Waals surface area (Å²) in [4.78, 5) is 14.6. The van der Waals surface area contributed by atoms with Gasteiger partial charge in [-0.1, -0.05) is 6.07 Å². The molecular formula is C23H30N4O3. The Morgan fingerprint density at radius 2 is 2.03 bits per heavy atom. The third kappa shape index (κ3) is 3.61. The number of rotatable bonds is 7. The van der Waals surface area contributed by atoms with Crippen molar-refractivity contribution in [1.82, 2.24) is 14.9 Å². The maximum Gasteiger partial charge on any atom is 0.225 e. The Morgan fingerprint density at radius 3 is 2.83 bits per heavy atom. The molecule has 7 heteroatoms. The summed E-state index contributed by atoms with van der Waals surface area (Å²) in [7, 11) is 1.65. The second-order valence-electron chi connectivity index (χ2n) is 8.45. The molecule has 2 fully saturated rings. The first-order valence-electron chi connectivity index (χ1n) is 11.0. The molecule has 30 heavy (non-hydrogen) atoms. The molecule has 2 atom stereocenters. The van der Waals surface area contributed by atoms with Crippen molar-refractivity contribution in [3.05, 3.63) is 41.2 Å². The van der Waals surface area contributed by atoms with Gasteiger partial charge in [-0.2, -0.15) is 0 Å². The Bertz CT molecular complexity index is 900. The lowest BCUT2D eigenvalue weighted by Gasteiger charge is -2.36. The Balaban J connectivity index is 1.35. The number of aliphatic hydroxyl groups excluding tert-OH is 1. The van der Waals surface area contributed by atoms with E-state index >= 15 is 0 Å². The van der Waals surface area contributed by atoms with E-state index in [9.17, 15) is 0 Å². The van der Waals surface area contributed by atoms with Crippen LogP contribution in [0.1, 0.15) is 48.5 Å². The standard InChI is InChI=1S/C23H30N4O3/c1-29-22-12-16(4-7-21(22)30-11-10-28)15-27-17-5-6-20(27)18-14-24-23(25-19(18)13-17)26-8-2-3-9-26/h4,7,12,14,17,20,28H,2-3,5-6,8-11,13,15H2,1H3/t17-,20-/m1/s1. The lowest BCUT2D eigenvalue weighted by Crippen LogP contribution is -2.38. The third-order valence-electron chi connectivity index (χ3n) is 6.65. The van der Waals surface area contributed by atoms with Crippen molar-refractivity contribution >= 4 is 5.95 Å². The normalized spacial score (nSPS) is 22.9. The summed E-state index contributed by atoms with van der Waals surface area (Å²) in [5.41, 5.74) is 3.76. The quantitative estimate of drug-likeness (QED) is 0.752. The Hall–Kier alpha value is -2.38. The fourth-order valence-electron chi connectivity index (χ4n) is 5.18. The van der Waals surface area contributed by atoms with Crippen LogP contribution in [0.5, 0.6) is 11.5 Å². The maximum absolute atomic E-state index is 9.00. The number of fused-ring (bicyclic) bond motifs is 4. The van der Waals surface area contributed by atoms with Crippen LogP contribution in [-0.4, -0.2) is 59.4 Å². The average molecular weight is 411 g/mol. The van der Waals surface area contributed by atoms with Gasteiger partial charge in [0.05, 0.1) is 19.4 Å². The zero-order valence-corrected chi connectivity index (χ0v) is 17.6. The van der Waals surface area contributed by atoms with Gasteiger partial charge in [0.1, 0.15) is 6.61 Å². The van der Waals surface area contributed by atoms with E-state index in [-0.39, 0.29) is 13.2 Å². The predicted octanol–water partition coefficient (Wildman–Crippen LogP) is 2.72. The van der Waals surface area contributed by atoms with Crippen molar-refractivity contribution in [1.29, 1.82) is 0 Å². The van der Waals surface area contributed by atoms with E-state index in [1.54, 1.807) is 7.11 Å². The second kappa shape index (κ2) is 8.40. The molecule has 0 radical (unpaired) electrons. The summed E-state index contributed by atoms with van der Waals surface area (Å²) in [5, 5.41) is 9.00. The number of benzene rings is 1. The Morgan fingerprint density at radius 1 is 1.17 bits per heavy atom. The van der Waals surface area contributed by atoms with Crippen LogP contribution in [0.2, 0.25) is 0 Å². The number of nitrogens with zero attached hydrogens (tertiary/aromatic N) is 4. The van der Waals surface area contributed by atoms with E-state index in [0.29, 0.717) is 23.6 Å². The number of hydrogen-bond donors (Lipinski definition) is 1. The van der Waals surface area contributed by atoms with Gasteiger partial charge >= 0.3 is 0 Å². The SMILES string of the molecule is COc1cc(CN2[C@@H]3CC[C@@H]2c2cnc(N4CCCC4)nc2C3)ccc1OCCO. The molecule has 1 aromatic heterocycles. The monoisotopic (exact) mass is 410 g/mol. The van der Waals surface area contributed by atoms with Gasteiger partial charge in [-0.05, 0) is 43.4 Å². The highest BCUT2D eigenvalue weighted by atomic mass is 16.5. The summed E-state index contributed by atoms with van der Waals surface area (Å²) in [6.07, 6.45) is 7.94. The van der Waals surface area contributed by atoms with Crippen molar-refractivity contribution in [2.75, 3.05) is 38.3 Å². The summed E-state index contributed by atoms with van der Waals surface area (Å²) < 4.78 is 11.1. The first kappa shape index (κ1) is 19.6. The Labute approximate surface area is 177 Å². The van der Waals surface area contributed by atoms with Gasteiger partial charge in [-0.15, -0.1) is 0 Å². The highest BCUT2D eigenvalue weighted by Gasteiger charge is 2.41. The van der Waals surface area contributed by atoms with Gasteiger partial charge in [0.2, 0.25) is 5.95 Å². The van der Waals surface area contributed by atoms with E-state index < -0.39 is 0 Å². The molecule has 1 aromatic carbocycles. The molecule has 7 nitrogen and oxygen atoms in total. The average Bonchev–Trinajstić information content (AvgIpc) is 3.40. The molecule has 0 saturated carbocycles. The van der Waals surface area contributed by atoms with E-state index in [4.69, 9.17) is 24.5 Å². The van der Waals surface area contributed by atoms with Crippen LogP contribution < -0.4 is 14.4 Å². The molecule has 3 aliphatic heterocycles. The molecule has 2 aromatic rings. The smallest absolute Gasteiger partial charge is 0.225 e. The van der Waals surface area contributed by atoms with Crippen LogP contribution in [0.4, 0.5) is 5.95 Å². The van der Waals surface area contributed by atoms with Gasteiger partial charge in [-0.25, -0.2) is 9.97 Å². The molecule has 0 spiro atoms. The summed E-state index contributed by atoms with van der Waals surface area (Å²) in [6.45, 7) is 3.29. The lowest BCUT2D eigenvalue weighted by atomic mass is 9.98. The number of aliphatic hydroxyl groups is 1. The molecule has 160 valence electrons. The molecule has 1 N–H and O–H groups in total. The highest BCUT2D eigenvalue weighted by Crippen LogP contribution is 2.44. The maximum atomic E-state index is 9.00. The molecule has 5 rings (SSSR count). The van der Waals surface area contributed by atoms with Crippen molar-refractivity contribution in [3.63, 3.8) is 0 Å². The first-order valence-corrected chi connectivity index (χ1v) is 11.0. The zero-order valence-electron chi connectivity index (χ0n) is 17.6. The number of aromatic nitrogens is 2.